The van der Waals surface area contributed by atoms with E-state index in [1.807, 2.05) is 0 Å². The van der Waals surface area contributed by atoms with Crippen LogP contribution in [0.4, 0.5) is 0 Å². The van der Waals surface area contributed by atoms with Crippen LogP contribution in [0.5, 0.6) is 0 Å². The van der Waals surface area contributed by atoms with E-state index in [0.29, 0.717) is 11.4 Å². The van der Waals surface area contributed by atoms with Crippen LogP contribution in [-0.2, 0) is 10.0 Å². The summed E-state index contributed by atoms with van der Waals surface area (Å²) in [4.78, 5) is 3.83. The van der Waals surface area contributed by atoms with Crippen LogP contribution in [0.25, 0.3) is 0 Å². The second kappa shape index (κ2) is 3.71. The number of hydrogen-bond donors (Lipinski definition) is 0. The SMILES string of the molecule is Cc1cc(C)n(S(=O)(=O)c2ccccn2)n1. The van der Waals surface area contributed by atoms with Crippen molar-refractivity contribution in [3.8, 4) is 0 Å². The van der Waals surface area contributed by atoms with Gasteiger partial charge in [0.05, 0.1) is 11.4 Å². The highest BCUT2D eigenvalue weighted by molar-refractivity contribution is 7.89. The van der Waals surface area contributed by atoms with Crippen LogP contribution in [-0.4, -0.2) is 22.6 Å². The minimum absolute atomic E-state index is 0.00111. The molecule has 0 aliphatic carbocycles. The number of hydrogen-bond acceptors (Lipinski definition) is 4. The first-order chi connectivity index (χ1) is 7.51. The van der Waals surface area contributed by atoms with Crippen molar-refractivity contribution < 1.29 is 8.42 Å². The molecule has 0 aromatic carbocycles. The molecule has 0 N–H and O–H groups in total. The zero-order valence-corrected chi connectivity index (χ0v) is 9.77. The molecular formula is C10H11N3O2S. The fourth-order valence-electron chi connectivity index (χ4n) is 1.44. The van der Waals surface area contributed by atoms with Gasteiger partial charge in [0.15, 0.2) is 5.03 Å². The maximum Gasteiger partial charge on any atom is 0.300 e. The van der Waals surface area contributed by atoms with E-state index >= 15 is 0 Å². The molecule has 16 heavy (non-hydrogen) atoms. The Balaban J connectivity index is 2.61. The first-order valence-electron chi connectivity index (χ1n) is 4.72. The van der Waals surface area contributed by atoms with Crippen molar-refractivity contribution in [1.29, 1.82) is 0 Å². The van der Waals surface area contributed by atoms with Crippen LogP contribution in [0.3, 0.4) is 0 Å². The van der Waals surface area contributed by atoms with E-state index in [0.717, 1.165) is 4.09 Å². The average Bonchev–Trinajstić information content (AvgIpc) is 2.60. The maximum absolute atomic E-state index is 12.1. The lowest BCUT2D eigenvalue weighted by atomic mass is 10.4. The van der Waals surface area contributed by atoms with Gasteiger partial charge < -0.3 is 0 Å². The monoisotopic (exact) mass is 237 g/mol. The number of nitrogens with zero attached hydrogens (tertiary/aromatic N) is 3. The third-order valence-corrected chi connectivity index (χ3v) is 3.69. The van der Waals surface area contributed by atoms with E-state index in [2.05, 4.69) is 10.1 Å². The summed E-state index contributed by atoms with van der Waals surface area (Å²) < 4.78 is 25.2. The molecule has 84 valence electrons. The second-order valence-electron chi connectivity index (χ2n) is 3.44. The summed E-state index contributed by atoms with van der Waals surface area (Å²) in [6.07, 6.45) is 1.44. The van der Waals surface area contributed by atoms with Gasteiger partial charge in [-0.05, 0) is 32.0 Å². The van der Waals surface area contributed by atoms with Gasteiger partial charge in [-0.15, -0.1) is 0 Å². The molecule has 0 fully saturated rings. The van der Waals surface area contributed by atoms with Gasteiger partial charge in [-0.3, -0.25) is 0 Å². The summed E-state index contributed by atoms with van der Waals surface area (Å²) in [6.45, 7) is 3.44. The quantitative estimate of drug-likeness (QED) is 0.785. The lowest BCUT2D eigenvalue weighted by Gasteiger charge is -2.04. The van der Waals surface area contributed by atoms with Gasteiger partial charge in [-0.2, -0.15) is 17.6 Å². The van der Waals surface area contributed by atoms with Crippen molar-refractivity contribution in [1.82, 2.24) is 14.2 Å². The molecule has 2 rings (SSSR count). The van der Waals surface area contributed by atoms with Crippen molar-refractivity contribution in [3.05, 3.63) is 41.9 Å². The molecule has 0 atom stereocenters. The van der Waals surface area contributed by atoms with E-state index in [1.165, 1.54) is 12.3 Å². The van der Waals surface area contributed by atoms with Crippen molar-refractivity contribution in [2.24, 2.45) is 0 Å². The van der Waals surface area contributed by atoms with Crippen molar-refractivity contribution in [3.63, 3.8) is 0 Å². The summed E-state index contributed by atoms with van der Waals surface area (Å²) in [5, 5.41) is 3.95. The summed E-state index contributed by atoms with van der Waals surface area (Å²) in [5.74, 6) is 0. The minimum Gasteiger partial charge on any atom is -0.243 e. The Morgan fingerprint density at radius 2 is 2.00 bits per heavy atom. The van der Waals surface area contributed by atoms with Crippen LogP contribution in [0.15, 0.2) is 35.5 Å². The largest absolute Gasteiger partial charge is 0.300 e. The van der Waals surface area contributed by atoms with E-state index in [1.54, 1.807) is 32.0 Å². The highest BCUT2D eigenvalue weighted by atomic mass is 32.2. The van der Waals surface area contributed by atoms with Crippen molar-refractivity contribution >= 4 is 10.0 Å². The number of rotatable bonds is 2. The van der Waals surface area contributed by atoms with Crippen LogP contribution in [0.2, 0.25) is 0 Å². The standard InChI is InChI=1S/C10H11N3O2S/c1-8-7-9(2)13(12-8)16(14,15)10-5-3-4-6-11-10/h3-7H,1-2H3. The van der Waals surface area contributed by atoms with Gasteiger partial charge in [0.1, 0.15) is 0 Å². The summed E-state index contributed by atoms with van der Waals surface area (Å²) in [7, 11) is -3.65. The molecule has 0 spiro atoms. The summed E-state index contributed by atoms with van der Waals surface area (Å²) in [6, 6.07) is 6.46. The fourth-order valence-corrected chi connectivity index (χ4v) is 2.73. The molecule has 0 bridgehead atoms. The van der Waals surface area contributed by atoms with Crippen molar-refractivity contribution in [2.75, 3.05) is 0 Å². The Bertz CT molecular complexity index is 602. The molecule has 6 heteroatoms. The average molecular weight is 237 g/mol. The van der Waals surface area contributed by atoms with Gasteiger partial charge in [-0.25, -0.2) is 4.98 Å². The smallest absolute Gasteiger partial charge is 0.243 e. The molecule has 5 nitrogen and oxygen atoms in total. The Hall–Kier alpha value is -1.69. The second-order valence-corrected chi connectivity index (χ2v) is 5.16. The van der Waals surface area contributed by atoms with Crippen LogP contribution in [0, 0.1) is 13.8 Å². The maximum atomic E-state index is 12.1. The highest BCUT2D eigenvalue weighted by Gasteiger charge is 2.20. The first-order valence-corrected chi connectivity index (χ1v) is 6.16. The van der Waals surface area contributed by atoms with Gasteiger partial charge in [0.25, 0.3) is 0 Å². The number of aryl methyl sites for hydroxylation is 2. The van der Waals surface area contributed by atoms with Crippen LogP contribution in [0.1, 0.15) is 11.4 Å². The van der Waals surface area contributed by atoms with E-state index in [4.69, 9.17) is 0 Å². The number of pyridine rings is 1. The van der Waals surface area contributed by atoms with Gasteiger partial charge in [0.2, 0.25) is 0 Å². The van der Waals surface area contributed by atoms with Gasteiger partial charge >= 0.3 is 10.0 Å². The minimum atomic E-state index is -3.65. The van der Waals surface area contributed by atoms with Crippen LogP contribution >= 0.6 is 0 Å². The molecule has 0 saturated heterocycles. The molecule has 0 saturated carbocycles. The topological polar surface area (TPSA) is 64.8 Å². The Labute approximate surface area is 93.8 Å². The van der Waals surface area contributed by atoms with Gasteiger partial charge in [0, 0.05) is 6.20 Å². The predicted molar refractivity (Wildman–Crippen MR) is 58.5 cm³/mol. The van der Waals surface area contributed by atoms with Crippen molar-refractivity contribution in [2.45, 2.75) is 18.9 Å². The Morgan fingerprint density at radius 1 is 1.25 bits per heavy atom. The third kappa shape index (κ3) is 1.71. The van der Waals surface area contributed by atoms with Gasteiger partial charge in [-0.1, -0.05) is 6.07 Å². The summed E-state index contributed by atoms with van der Waals surface area (Å²) >= 11 is 0. The molecule has 0 aliphatic heterocycles. The molecule has 2 aromatic rings. The molecule has 0 radical (unpaired) electrons. The molecule has 2 heterocycles. The summed E-state index contributed by atoms with van der Waals surface area (Å²) in [5.41, 5.74) is 1.24. The lowest BCUT2D eigenvalue weighted by Crippen LogP contribution is -2.17. The van der Waals surface area contributed by atoms with E-state index in [-0.39, 0.29) is 5.03 Å². The Morgan fingerprint density at radius 3 is 2.50 bits per heavy atom. The number of aromatic nitrogens is 3. The van der Waals surface area contributed by atoms with E-state index < -0.39 is 10.0 Å². The zero-order chi connectivity index (χ0) is 11.8. The molecular weight excluding hydrogens is 226 g/mol. The zero-order valence-electron chi connectivity index (χ0n) is 8.95. The molecule has 0 amide bonds. The highest BCUT2D eigenvalue weighted by Crippen LogP contribution is 2.12. The fraction of sp³-hybridized carbons (Fsp3) is 0.200. The van der Waals surface area contributed by atoms with Crippen LogP contribution < -0.4 is 0 Å². The normalized spacial score (nSPS) is 11.6. The Kier molecular flexibility index (Phi) is 2.51. The molecule has 2 aromatic heterocycles. The lowest BCUT2D eigenvalue weighted by molar-refractivity contribution is 0.574. The molecule has 0 aliphatic rings. The van der Waals surface area contributed by atoms with E-state index in [9.17, 15) is 8.42 Å². The predicted octanol–water partition coefficient (Wildman–Crippen LogP) is 1.13. The third-order valence-electron chi connectivity index (χ3n) is 2.10. The first kappa shape index (κ1) is 10.8. The molecule has 0 unspecified atom stereocenters.